The molecule has 0 bridgehead atoms. The minimum absolute atomic E-state index is 0.122. The number of amides is 2. The number of halogens is 1. The van der Waals surface area contributed by atoms with Crippen molar-refractivity contribution in [3.8, 4) is 0 Å². The number of benzene rings is 2. The van der Waals surface area contributed by atoms with Crippen LogP contribution in [0, 0.1) is 5.82 Å². The molecule has 2 atom stereocenters. The van der Waals surface area contributed by atoms with Gasteiger partial charge in [0.15, 0.2) is 0 Å². The molecule has 30 heavy (non-hydrogen) atoms. The number of carbonyl (C=O) groups is 2. The van der Waals surface area contributed by atoms with E-state index in [-0.39, 0.29) is 29.6 Å². The topological polar surface area (TPSA) is 93.2 Å². The van der Waals surface area contributed by atoms with Gasteiger partial charge >= 0.3 is 6.09 Å². The average molecular weight is 408 g/mol. The molecule has 0 aliphatic heterocycles. The number of fused-ring (bicyclic) bond motifs is 1. The van der Waals surface area contributed by atoms with Gasteiger partial charge in [-0.15, -0.1) is 0 Å². The first-order chi connectivity index (χ1) is 14.6. The van der Waals surface area contributed by atoms with Gasteiger partial charge in [0.1, 0.15) is 17.6 Å². The van der Waals surface area contributed by atoms with Crippen molar-refractivity contribution in [3.05, 3.63) is 66.2 Å². The highest BCUT2D eigenvalue weighted by atomic mass is 19.1. The first kappa shape index (κ1) is 19.8. The fourth-order valence-corrected chi connectivity index (χ4v) is 3.54. The molecular formula is C22H21FN4O3. The van der Waals surface area contributed by atoms with Crippen molar-refractivity contribution < 1.29 is 18.7 Å². The van der Waals surface area contributed by atoms with Gasteiger partial charge in [0.05, 0.1) is 17.2 Å². The molecule has 1 aliphatic rings. The van der Waals surface area contributed by atoms with E-state index in [1.165, 1.54) is 30.5 Å². The summed E-state index contributed by atoms with van der Waals surface area (Å²) >= 11 is 0. The molecule has 0 unspecified atom stereocenters. The largest absolute Gasteiger partial charge is 0.446 e. The minimum Gasteiger partial charge on any atom is -0.446 e. The van der Waals surface area contributed by atoms with Crippen LogP contribution in [0.2, 0.25) is 0 Å². The number of ether oxygens (including phenoxy) is 1. The van der Waals surface area contributed by atoms with Crippen LogP contribution in [0.4, 0.5) is 14.9 Å². The summed E-state index contributed by atoms with van der Waals surface area (Å²) in [5.74, 6) is -0.675. The summed E-state index contributed by atoms with van der Waals surface area (Å²) in [6, 6.07) is 12.7. The number of aromatic nitrogens is 2. The molecule has 0 radical (unpaired) electrons. The number of para-hydroxylation sites is 2. The van der Waals surface area contributed by atoms with Gasteiger partial charge in [0.25, 0.3) is 5.91 Å². The predicted octanol–water partition coefficient (Wildman–Crippen LogP) is 4.06. The van der Waals surface area contributed by atoms with Crippen molar-refractivity contribution in [3.63, 3.8) is 0 Å². The van der Waals surface area contributed by atoms with Crippen molar-refractivity contribution in [1.29, 1.82) is 0 Å². The van der Waals surface area contributed by atoms with Gasteiger partial charge in [-0.05, 0) is 55.7 Å². The Hall–Kier alpha value is -3.55. The van der Waals surface area contributed by atoms with Crippen LogP contribution in [0.25, 0.3) is 11.0 Å². The third-order valence-corrected chi connectivity index (χ3v) is 5.01. The van der Waals surface area contributed by atoms with E-state index in [1.54, 1.807) is 0 Å². The number of hydrogen-bond acceptors (Lipinski definition) is 5. The second-order valence-electron chi connectivity index (χ2n) is 7.24. The summed E-state index contributed by atoms with van der Waals surface area (Å²) in [7, 11) is 0. The number of nitrogens with zero attached hydrogens (tertiary/aromatic N) is 2. The third-order valence-electron chi connectivity index (χ3n) is 5.01. The highest BCUT2D eigenvalue weighted by Gasteiger charge is 2.26. The third kappa shape index (κ3) is 4.89. The zero-order valence-electron chi connectivity index (χ0n) is 16.2. The Bertz CT molecular complexity index is 1060. The smallest absolute Gasteiger partial charge is 0.411 e. The number of carbonyl (C=O) groups excluding carboxylic acids is 2. The second kappa shape index (κ2) is 8.86. The molecule has 0 spiro atoms. The lowest BCUT2D eigenvalue weighted by Gasteiger charge is -2.29. The Morgan fingerprint density at radius 2 is 1.80 bits per heavy atom. The van der Waals surface area contributed by atoms with E-state index in [2.05, 4.69) is 20.6 Å². The van der Waals surface area contributed by atoms with Gasteiger partial charge in [-0.25, -0.2) is 14.2 Å². The number of hydrogen-bond donors (Lipinski definition) is 2. The van der Waals surface area contributed by atoms with Gasteiger partial charge in [0.2, 0.25) is 0 Å². The van der Waals surface area contributed by atoms with Crippen LogP contribution in [-0.2, 0) is 4.74 Å². The summed E-state index contributed by atoms with van der Waals surface area (Å²) < 4.78 is 18.4. The highest BCUT2D eigenvalue weighted by Crippen LogP contribution is 2.22. The molecule has 1 heterocycles. The van der Waals surface area contributed by atoms with Gasteiger partial charge in [-0.1, -0.05) is 12.1 Å². The van der Waals surface area contributed by atoms with E-state index in [9.17, 15) is 14.0 Å². The molecular weight excluding hydrogens is 387 g/mol. The lowest BCUT2D eigenvalue weighted by molar-refractivity contribution is 0.0711. The molecule has 1 saturated carbocycles. The molecule has 3 aromatic rings. The van der Waals surface area contributed by atoms with Crippen molar-refractivity contribution >= 4 is 28.7 Å². The van der Waals surface area contributed by atoms with Crippen molar-refractivity contribution in [2.75, 3.05) is 5.32 Å². The molecule has 2 amide bonds. The zero-order chi connectivity index (χ0) is 20.9. The van der Waals surface area contributed by atoms with Crippen molar-refractivity contribution in [1.82, 2.24) is 15.3 Å². The van der Waals surface area contributed by atoms with E-state index < -0.39 is 6.09 Å². The SMILES string of the molecule is O=C(Nc1ccc(F)cc1)O[C@@H]1CCC[C@@H](NC(=O)c2cnc3ccccc3n2)C1. The Balaban J connectivity index is 1.32. The summed E-state index contributed by atoms with van der Waals surface area (Å²) in [5, 5.41) is 5.55. The minimum atomic E-state index is -0.598. The van der Waals surface area contributed by atoms with Gasteiger partial charge in [0, 0.05) is 18.2 Å². The van der Waals surface area contributed by atoms with Crippen molar-refractivity contribution in [2.45, 2.75) is 37.8 Å². The lowest BCUT2D eigenvalue weighted by Crippen LogP contribution is -2.41. The van der Waals surface area contributed by atoms with Crippen LogP contribution in [0.15, 0.2) is 54.7 Å². The molecule has 2 N–H and O–H groups in total. The standard InChI is InChI=1S/C22H21FN4O3/c23-14-8-10-15(11-9-14)26-22(29)30-17-5-3-4-16(12-17)25-21(28)20-13-24-18-6-1-2-7-19(18)27-20/h1-2,6-11,13,16-17H,3-5,12H2,(H,25,28)(H,26,29)/t16-,17-/m1/s1. The van der Waals surface area contributed by atoms with Gasteiger partial charge < -0.3 is 10.1 Å². The van der Waals surface area contributed by atoms with E-state index in [1.807, 2.05) is 24.3 Å². The molecule has 1 aliphatic carbocycles. The quantitative estimate of drug-likeness (QED) is 0.679. The maximum atomic E-state index is 13.0. The first-order valence-corrected chi connectivity index (χ1v) is 9.83. The first-order valence-electron chi connectivity index (χ1n) is 9.83. The zero-order valence-corrected chi connectivity index (χ0v) is 16.2. The van der Waals surface area contributed by atoms with E-state index >= 15 is 0 Å². The van der Waals surface area contributed by atoms with E-state index in [0.717, 1.165) is 24.8 Å². The molecule has 1 aromatic heterocycles. The predicted molar refractivity (Wildman–Crippen MR) is 110 cm³/mol. The number of anilines is 1. The summed E-state index contributed by atoms with van der Waals surface area (Å²) in [6.45, 7) is 0. The molecule has 0 saturated heterocycles. The van der Waals surface area contributed by atoms with Crippen LogP contribution >= 0.6 is 0 Å². The fourth-order valence-electron chi connectivity index (χ4n) is 3.54. The van der Waals surface area contributed by atoms with Gasteiger partial charge in [-0.3, -0.25) is 15.1 Å². The Kier molecular flexibility index (Phi) is 5.83. The maximum Gasteiger partial charge on any atom is 0.411 e. The molecule has 2 aromatic carbocycles. The maximum absolute atomic E-state index is 13.0. The van der Waals surface area contributed by atoms with Crippen LogP contribution in [0.5, 0.6) is 0 Å². The summed E-state index contributed by atoms with van der Waals surface area (Å²) in [6.07, 6.45) is 3.41. The van der Waals surface area contributed by atoms with E-state index in [0.29, 0.717) is 17.6 Å². The Morgan fingerprint density at radius 3 is 2.60 bits per heavy atom. The molecule has 4 rings (SSSR count). The molecule has 7 nitrogen and oxygen atoms in total. The Labute approximate surface area is 172 Å². The molecule has 1 fully saturated rings. The van der Waals surface area contributed by atoms with Crippen LogP contribution in [0.3, 0.4) is 0 Å². The average Bonchev–Trinajstić information content (AvgIpc) is 2.75. The van der Waals surface area contributed by atoms with Crippen LogP contribution in [0.1, 0.15) is 36.2 Å². The van der Waals surface area contributed by atoms with Gasteiger partial charge in [-0.2, -0.15) is 0 Å². The van der Waals surface area contributed by atoms with E-state index in [4.69, 9.17) is 4.74 Å². The van der Waals surface area contributed by atoms with Crippen molar-refractivity contribution in [2.24, 2.45) is 0 Å². The monoisotopic (exact) mass is 408 g/mol. The summed E-state index contributed by atoms with van der Waals surface area (Å²) in [5.41, 5.74) is 2.10. The summed E-state index contributed by atoms with van der Waals surface area (Å²) in [4.78, 5) is 33.3. The van der Waals surface area contributed by atoms with Crippen LogP contribution < -0.4 is 10.6 Å². The fraction of sp³-hybridized carbons (Fsp3) is 0.273. The Morgan fingerprint density at radius 1 is 1.03 bits per heavy atom. The number of rotatable bonds is 4. The second-order valence-corrected chi connectivity index (χ2v) is 7.24. The highest BCUT2D eigenvalue weighted by molar-refractivity contribution is 5.94. The molecule has 154 valence electrons. The lowest BCUT2D eigenvalue weighted by atomic mass is 9.92. The molecule has 8 heteroatoms. The normalized spacial score (nSPS) is 18.6. The van der Waals surface area contributed by atoms with Crippen LogP contribution in [-0.4, -0.2) is 34.1 Å². The number of nitrogens with one attached hydrogen (secondary N) is 2.